The van der Waals surface area contributed by atoms with Crippen molar-refractivity contribution in [3.63, 3.8) is 0 Å². The summed E-state index contributed by atoms with van der Waals surface area (Å²) < 4.78 is 0. The molecule has 92 valence electrons. The third kappa shape index (κ3) is 2.34. The van der Waals surface area contributed by atoms with E-state index >= 15 is 0 Å². The number of aromatic carboxylic acids is 1. The fourth-order valence-electron chi connectivity index (χ4n) is 1.60. The van der Waals surface area contributed by atoms with Gasteiger partial charge in [-0.25, -0.2) is 4.79 Å². The van der Waals surface area contributed by atoms with Crippen molar-refractivity contribution >= 4 is 11.7 Å². The molecule has 0 spiro atoms. The summed E-state index contributed by atoms with van der Waals surface area (Å²) >= 11 is 0. The number of carboxylic acids is 1. The average Bonchev–Trinajstić information content (AvgIpc) is 2.78. The second kappa shape index (κ2) is 4.66. The fraction of sp³-hybridized carbons (Fsp3) is 0.0909. The molecule has 0 saturated carbocycles. The van der Waals surface area contributed by atoms with Gasteiger partial charge in [-0.15, -0.1) is 0 Å². The van der Waals surface area contributed by atoms with Crippen molar-refractivity contribution in [2.45, 2.75) is 6.42 Å². The van der Waals surface area contributed by atoms with Gasteiger partial charge in [0.15, 0.2) is 0 Å². The largest absolute Gasteiger partial charge is 0.477 e. The number of nitrogens with zero attached hydrogens (tertiary/aromatic N) is 2. The Morgan fingerprint density at radius 1 is 1.44 bits per heavy atom. The number of nitro benzene ring substituents is 1. The van der Waals surface area contributed by atoms with Crippen LogP contribution in [0.2, 0.25) is 0 Å². The van der Waals surface area contributed by atoms with Gasteiger partial charge in [0.25, 0.3) is 5.69 Å². The Kier molecular flexibility index (Phi) is 3.05. The SMILES string of the molecule is O=C(O)c1cc(Cc2ccccc2[N+](=O)[O-])n[nH]1. The normalized spacial score (nSPS) is 10.2. The van der Waals surface area contributed by atoms with E-state index in [1.165, 1.54) is 12.1 Å². The first-order chi connectivity index (χ1) is 8.58. The molecule has 0 unspecified atom stereocenters. The quantitative estimate of drug-likeness (QED) is 0.630. The van der Waals surface area contributed by atoms with E-state index in [-0.39, 0.29) is 17.8 Å². The second-order valence-corrected chi connectivity index (χ2v) is 3.64. The summed E-state index contributed by atoms with van der Waals surface area (Å²) in [6, 6.07) is 7.65. The first-order valence-corrected chi connectivity index (χ1v) is 5.08. The first kappa shape index (κ1) is 11.8. The number of aromatic amines is 1. The van der Waals surface area contributed by atoms with Crippen LogP contribution in [-0.4, -0.2) is 26.2 Å². The van der Waals surface area contributed by atoms with E-state index < -0.39 is 10.9 Å². The van der Waals surface area contributed by atoms with E-state index in [9.17, 15) is 14.9 Å². The van der Waals surface area contributed by atoms with Crippen LogP contribution in [0.15, 0.2) is 30.3 Å². The predicted molar refractivity (Wildman–Crippen MR) is 61.4 cm³/mol. The number of nitrogens with one attached hydrogen (secondary N) is 1. The van der Waals surface area contributed by atoms with E-state index in [2.05, 4.69) is 10.2 Å². The number of aromatic nitrogens is 2. The first-order valence-electron chi connectivity index (χ1n) is 5.08. The standard InChI is InChI=1S/C11H9N3O4/c15-11(16)9-6-8(12-13-9)5-7-3-1-2-4-10(7)14(17)18/h1-4,6H,5H2,(H,12,13)(H,15,16). The smallest absolute Gasteiger partial charge is 0.353 e. The summed E-state index contributed by atoms with van der Waals surface area (Å²) in [5, 5.41) is 25.7. The maximum Gasteiger partial charge on any atom is 0.353 e. The highest BCUT2D eigenvalue weighted by molar-refractivity contribution is 5.85. The van der Waals surface area contributed by atoms with Crippen molar-refractivity contribution in [3.8, 4) is 0 Å². The highest BCUT2D eigenvalue weighted by Gasteiger charge is 2.15. The van der Waals surface area contributed by atoms with Crippen LogP contribution in [-0.2, 0) is 6.42 Å². The lowest BCUT2D eigenvalue weighted by Crippen LogP contribution is -1.96. The van der Waals surface area contributed by atoms with Crippen molar-refractivity contribution in [1.82, 2.24) is 10.2 Å². The Labute approximate surface area is 101 Å². The zero-order valence-corrected chi connectivity index (χ0v) is 9.16. The van der Waals surface area contributed by atoms with Gasteiger partial charge in [0, 0.05) is 18.1 Å². The van der Waals surface area contributed by atoms with E-state index in [4.69, 9.17) is 5.11 Å². The van der Waals surface area contributed by atoms with Crippen LogP contribution in [0.1, 0.15) is 21.7 Å². The van der Waals surface area contributed by atoms with Gasteiger partial charge in [-0.2, -0.15) is 5.10 Å². The third-order valence-corrected chi connectivity index (χ3v) is 2.42. The molecule has 7 nitrogen and oxygen atoms in total. The molecule has 0 atom stereocenters. The molecule has 0 saturated heterocycles. The minimum absolute atomic E-state index is 0.00243. The average molecular weight is 247 g/mol. The molecule has 0 fully saturated rings. The lowest BCUT2D eigenvalue weighted by Gasteiger charge is -1.99. The Morgan fingerprint density at radius 2 is 2.17 bits per heavy atom. The van der Waals surface area contributed by atoms with Crippen LogP contribution < -0.4 is 0 Å². The summed E-state index contributed by atoms with van der Waals surface area (Å²) in [6.07, 6.45) is 0.209. The molecule has 2 N–H and O–H groups in total. The Bertz CT molecular complexity index is 606. The summed E-state index contributed by atoms with van der Waals surface area (Å²) in [4.78, 5) is 21.0. The minimum Gasteiger partial charge on any atom is -0.477 e. The lowest BCUT2D eigenvalue weighted by molar-refractivity contribution is -0.385. The number of H-pyrrole nitrogens is 1. The Morgan fingerprint density at radius 3 is 2.78 bits per heavy atom. The molecule has 7 heteroatoms. The zero-order chi connectivity index (χ0) is 13.1. The van der Waals surface area contributed by atoms with Gasteiger partial charge >= 0.3 is 5.97 Å². The minimum atomic E-state index is -1.11. The fourth-order valence-corrected chi connectivity index (χ4v) is 1.60. The maximum atomic E-state index is 10.8. The van der Waals surface area contributed by atoms with Crippen LogP contribution >= 0.6 is 0 Å². The molecular weight excluding hydrogens is 238 g/mol. The van der Waals surface area contributed by atoms with Crippen molar-refractivity contribution in [1.29, 1.82) is 0 Å². The molecule has 1 heterocycles. The van der Waals surface area contributed by atoms with E-state index in [1.54, 1.807) is 18.2 Å². The molecule has 2 aromatic rings. The summed E-state index contributed by atoms with van der Waals surface area (Å²) in [5.74, 6) is -1.11. The molecular formula is C11H9N3O4. The predicted octanol–water partition coefficient (Wildman–Crippen LogP) is 1.61. The molecule has 2 rings (SSSR count). The highest BCUT2D eigenvalue weighted by Crippen LogP contribution is 2.20. The van der Waals surface area contributed by atoms with Gasteiger partial charge < -0.3 is 5.11 Å². The zero-order valence-electron chi connectivity index (χ0n) is 9.16. The summed E-state index contributed by atoms with van der Waals surface area (Å²) in [7, 11) is 0. The van der Waals surface area contributed by atoms with E-state index in [0.717, 1.165) is 0 Å². The third-order valence-electron chi connectivity index (χ3n) is 2.42. The van der Waals surface area contributed by atoms with Crippen LogP contribution in [0.4, 0.5) is 5.69 Å². The maximum absolute atomic E-state index is 10.8. The van der Waals surface area contributed by atoms with Crippen molar-refractivity contribution in [2.24, 2.45) is 0 Å². The molecule has 0 aliphatic rings. The van der Waals surface area contributed by atoms with Gasteiger partial charge in [-0.05, 0) is 6.07 Å². The summed E-state index contributed by atoms with van der Waals surface area (Å²) in [6.45, 7) is 0. The van der Waals surface area contributed by atoms with Crippen LogP contribution in [0, 0.1) is 10.1 Å². The van der Waals surface area contributed by atoms with Crippen LogP contribution in [0.5, 0.6) is 0 Å². The lowest BCUT2D eigenvalue weighted by atomic mass is 10.1. The van der Waals surface area contributed by atoms with Crippen molar-refractivity contribution in [3.05, 3.63) is 57.4 Å². The topological polar surface area (TPSA) is 109 Å². The second-order valence-electron chi connectivity index (χ2n) is 3.64. The number of hydrogen-bond donors (Lipinski definition) is 2. The summed E-state index contributed by atoms with van der Waals surface area (Å²) in [5.41, 5.74) is 0.897. The monoisotopic (exact) mass is 247 g/mol. The number of rotatable bonds is 4. The van der Waals surface area contributed by atoms with Crippen LogP contribution in [0.3, 0.4) is 0 Å². The van der Waals surface area contributed by atoms with Crippen molar-refractivity contribution in [2.75, 3.05) is 0 Å². The molecule has 0 bridgehead atoms. The van der Waals surface area contributed by atoms with Crippen LogP contribution in [0.25, 0.3) is 0 Å². The van der Waals surface area contributed by atoms with Gasteiger partial charge in [-0.1, -0.05) is 18.2 Å². The van der Waals surface area contributed by atoms with Crippen molar-refractivity contribution < 1.29 is 14.8 Å². The highest BCUT2D eigenvalue weighted by atomic mass is 16.6. The van der Waals surface area contributed by atoms with E-state index in [1.807, 2.05) is 0 Å². The number of carbonyl (C=O) groups is 1. The molecule has 0 aliphatic heterocycles. The molecule has 0 amide bonds. The molecule has 0 radical (unpaired) electrons. The van der Waals surface area contributed by atoms with Gasteiger partial charge in [0.05, 0.1) is 10.6 Å². The number of para-hydroxylation sites is 1. The molecule has 1 aromatic heterocycles. The molecule has 0 aliphatic carbocycles. The Balaban J connectivity index is 2.28. The Hall–Kier alpha value is -2.70. The number of nitro groups is 1. The van der Waals surface area contributed by atoms with Gasteiger partial charge in [0.1, 0.15) is 5.69 Å². The van der Waals surface area contributed by atoms with E-state index in [0.29, 0.717) is 11.3 Å². The number of hydrogen-bond acceptors (Lipinski definition) is 4. The molecule has 18 heavy (non-hydrogen) atoms. The number of benzene rings is 1. The number of carboxylic acid groups (broad SMARTS) is 1. The molecule has 1 aromatic carbocycles. The van der Waals surface area contributed by atoms with Gasteiger partial charge in [-0.3, -0.25) is 15.2 Å². The van der Waals surface area contributed by atoms with Gasteiger partial charge in [0.2, 0.25) is 0 Å².